The SMILES string of the molecule is CC1(C)[C@H](C(=O)O)[C@H]1C(=O)Nc1ccc(N2CCCS2(=O)=O)cc1. The van der Waals surface area contributed by atoms with E-state index < -0.39 is 33.2 Å². The molecule has 1 aromatic carbocycles. The number of rotatable bonds is 4. The summed E-state index contributed by atoms with van der Waals surface area (Å²) in [6.45, 7) is 3.99. The topological polar surface area (TPSA) is 104 Å². The third kappa shape index (κ3) is 2.75. The zero-order chi connectivity index (χ0) is 17.7. The molecule has 1 saturated carbocycles. The molecule has 1 saturated heterocycles. The smallest absolute Gasteiger partial charge is 0.307 e. The Kier molecular flexibility index (Phi) is 3.82. The van der Waals surface area contributed by atoms with Crippen LogP contribution in [0.25, 0.3) is 0 Å². The summed E-state index contributed by atoms with van der Waals surface area (Å²) >= 11 is 0. The Morgan fingerprint density at radius 1 is 1.21 bits per heavy atom. The summed E-state index contributed by atoms with van der Waals surface area (Å²) < 4.78 is 25.2. The number of anilines is 2. The average molecular weight is 352 g/mol. The molecule has 1 aliphatic carbocycles. The molecule has 0 unspecified atom stereocenters. The molecule has 3 rings (SSSR count). The van der Waals surface area contributed by atoms with Gasteiger partial charge in [-0.25, -0.2) is 8.42 Å². The molecule has 130 valence electrons. The fourth-order valence-corrected chi connectivity index (χ4v) is 5.01. The van der Waals surface area contributed by atoms with Crippen LogP contribution in [0, 0.1) is 17.3 Å². The zero-order valence-electron chi connectivity index (χ0n) is 13.5. The van der Waals surface area contributed by atoms with Crippen molar-refractivity contribution in [2.45, 2.75) is 20.3 Å². The van der Waals surface area contributed by atoms with Gasteiger partial charge in [0.1, 0.15) is 0 Å². The van der Waals surface area contributed by atoms with Gasteiger partial charge in [0.05, 0.1) is 23.3 Å². The zero-order valence-corrected chi connectivity index (χ0v) is 14.3. The van der Waals surface area contributed by atoms with Crippen molar-refractivity contribution in [3.63, 3.8) is 0 Å². The van der Waals surface area contributed by atoms with Crippen molar-refractivity contribution in [3.05, 3.63) is 24.3 Å². The molecule has 2 atom stereocenters. The molecule has 2 aliphatic rings. The highest BCUT2D eigenvalue weighted by molar-refractivity contribution is 7.93. The van der Waals surface area contributed by atoms with E-state index in [1.165, 1.54) is 4.31 Å². The molecule has 7 nitrogen and oxygen atoms in total. The fraction of sp³-hybridized carbons (Fsp3) is 0.500. The maximum atomic E-state index is 12.3. The maximum Gasteiger partial charge on any atom is 0.307 e. The number of carbonyl (C=O) groups is 2. The summed E-state index contributed by atoms with van der Waals surface area (Å²) in [4.78, 5) is 23.4. The van der Waals surface area contributed by atoms with Crippen LogP contribution in [0.1, 0.15) is 20.3 Å². The maximum absolute atomic E-state index is 12.3. The summed E-state index contributed by atoms with van der Waals surface area (Å²) in [5, 5.41) is 11.9. The Morgan fingerprint density at radius 2 is 1.83 bits per heavy atom. The van der Waals surface area contributed by atoms with E-state index in [9.17, 15) is 18.0 Å². The van der Waals surface area contributed by atoms with Gasteiger partial charge in [-0.3, -0.25) is 13.9 Å². The lowest BCUT2D eigenvalue weighted by Crippen LogP contribution is -2.25. The first-order valence-corrected chi connectivity index (χ1v) is 9.39. The number of benzene rings is 1. The van der Waals surface area contributed by atoms with Gasteiger partial charge in [-0.05, 0) is 36.1 Å². The second kappa shape index (κ2) is 5.47. The Bertz CT molecular complexity index is 785. The van der Waals surface area contributed by atoms with E-state index in [-0.39, 0.29) is 11.7 Å². The van der Waals surface area contributed by atoms with E-state index in [0.29, 0.717) is 24.3 Å². The molecule has 2 N–H and O–H groups in total. The molecule has 1 aliphatic heterocycles. The number of sulfonamides is 1. The van der Waals surface area contributed by atoms with Gasteiger partial charge in [0, 0.05) is 12.2 Å². The fourth-order valence-electron chi connectivity index (χ4n) is 3.45. The molecule has 1 amide bonds. The van der Waals surface area contributed by atoms with Gasteiger partial charge in [-0.1, -0.05) is 13.8 Å². The minimum atomic E-state index is -3.23. The molecular weight excluding hydrogens is 332 g/mol. The van der Waals surface area contributed by atoms with Crippen LogP contribution in [0.3, 0.4) is 0 Å². The molecule has 0 spiro atoms. The highest BCUT2D eigenvalue weighted by Crippen LogP contribution is 2.58. The quantitative estimate of drug-likeness (QED) is 0.855. The lowest BCUT2D eigenvalue weighted by atomic mass is 10.1. The van der Waals surface area contributed by atoms with Gasteiger partial charge >= 0.3 is 5.97 Å². The van der Waals surface area contributed by atoms with Crippen molar-refractivity contribution >= 4 is 33.3 Å². The lowest BCUT2D eigenvalue weighted by Gasteiger charge is -2.17. The molecular formula is C16H20N2O5S. The van der Waals surface area contributed by atoms with Gasteiger partial charge in [0.25, 0.3) is 0 Å². The third-order valence-electron chi connectivity index (χ3n) is 4.90. The van der Waals surface area contributed by atoms with Crippen molar-refractivity contribution in [3.8, 4) is 0 Å². The van der Waals surface area contributed by atoms with E-state index in [2.05, 4.69) is 5.32 Å². The van der Waals surface area contributed by atoms with E-state index in [1.54, 1.807) is 38.1 Å². The number of nitrogens with one attached hydrogen (secondary N) is 1. The van der Waals surface area contributed by atoms with Crippen LogP contribution in [0.5, 0.6) is 0 Å². The molecule has 0 aromatic heterocycles. The van der Waals surface area contributed by atoms with Crippen molar-refractivity contribution in [1.29, 1.82) is 0 Å². The minimum absolute atomic E-state index is 0.152. The number of hydrogen-bond acceptors (Lipinski definition) is 4. The number of hydrogen-bond donors (Lipinski definition) is 2. The lowest BCUT2D eigenvalue weighted by molar-refractivity contribution is -0.140. The first-order chi connectivity index (χ1) is 11.1. The molecule has 1 heterocycles. The minimum Gasteiger partial charge on any atom is -0.481 e. The van der Waals surface area contributed by atoms with Crippen LogP contribution in [0.4, 0.5) is 11.4 Å². The molecule has 0 radical (unpaired) electrons. The van der Waals surface area contributed by atoms with E-state index in [4.69, 9.17) is 5.11 Å². The molecule has 1 aromatic rings. The Morgan fingerprint density at radius 3 is 2.29 bits per heavy atom. The molecule has 8 heteroatoms. The Balaban J connectivity index is 1.69. The highest BCUT2D eigenvalue weighted by Gasteiger charge is 2.65. The second-order valence-corrected chi connectivity index (χ2v) is 8.91. The number of aliphatic carboxylic acids is 1. The third-order valence-corrected chi connectivity index (χ3v) is 6.77. The first-order valence-electron chi connectivity index (χ1n) is 7.79. The number of amides is 1. The Hall–Kier alpha value is -2.09. The molecule has 2 fully saturated rings. The number of carboxylic acids is 1. The van der Waals surface area contributed by atoms with Crippen LogP contribution in [-0.2, 0) is 19.6 Å². The highest BCUT2D eigenvalue weighted by atomic mass is 32.2. The predicted molar refractivity (Wildman–Crippen MR) is 89.2 cm³/mol. The van der Waals surface area contributed by atoms with Gasteiger partial charge < -0.3 is 10.4 Å². The van der Waals surface area contributed by atoms with Gasteiger partial charge in [-0.15, -0.1) is 0 Å². The Labute approximate surface area is 140 Å². The van der Waals surface area contributed by atoms with Crippen LogP contribution in [0.15, 0.2) is 24.3 Å². The summed E-state index contributed by atoms with van der Waals surface area (Å²) in [5.74, 6) is -2.37. The number of nitrogens with zero attached hydrogens (tertiary/aromatic N) is 1. The molecule has 0 bridgehead atoms. The standard InChI is InChI=1S/C16H20N2O5S/c1-16(2)12(13(16)15(20)21)14(19)17-10-4-6-11(7-5-10)18-8-3-9-24(18,22)23/h4-7,12-13H,3,8-9H2,1-2H3,(H,17,19)(H,20,21)/t12-,13-/m0/s1. The second-order valence-electron chi connectivity index (χ2n) is 6.89. The summed E-state index contributed by atoms with van der Waals surface area (Å²) in [7, 11) is -3.23. The van der Waals surface area contributed by atoms with Crippen molar-refractivity contribution in [2.24, 2.45) is 17.3 Å². The monoisotopic (exact) mass is 352 g/mol. The molecule has 24 heavy (non-hydrogen) atoms. The van der Waals surface area contributed by atoms with Crippen LogP contribution < -0.4 is 9.62 Å². The van der Waals surface area contributed by atoms with Crippen molar-refractivity contribution < 1.29 is 23.1 Å². The first kappa shape index (κ1) is 16.8. The van der Waals surface area contributed by atoms with Crippen molar-refractivity contribution in [1.82, 2.24) is 0 Å². The van der Waals surface area contributed by atoms with Crippen LogP contribution >= 0.6 is 0 Å². The van der Waals surface area contributed by atoms with E-state index >= 15 is 0 Å². The summed E-state index contributed by atoms with van der Waals surface area (Å²) in [6.07, 6.45) is 0.605. The van der Waals surface area contributed by atoms with Crippen LogP contribution in [0.2, 0.25) is 0 Å². The largest absolute Gasteiger partial charge is 0.481 e. The van der Waals surface area contributed by atoms with Crippen LogP contribution in [-0.4, -0.2) is 37.7 Å². The van der Waals surface area contributed by atoms with Gasteiger partial charge in [-0.2, -0.15) is 0 Å². The average Bonchev–Trinajstić information content (AvgIpc) is 2.90. The van der Waals surface area contributed by atoms with Crippen molar-refractivity contribution in [2.75, 3.05) is 21.9 Å². The van der Waals surface area contributed by atoms with E-state index in [0.717, 1.165) is 0 Å². The summed E-state index contributed by atoms with van der Waals surface area (Å²) in [5.41, 5.74) is 0.535. The predicted octanol–water partition coefficient (Wildman–Crippen LogP) is 1.52. The summed E-state index contributed by atoms with van der Waals surface area (Å²) in [6, 6.07) is 6.55. The number of carboxylic acid groups (broad SMARTS) is 1. The van der Waals surface area contributed by atoms with E-state index in [1.807, 2.05) is 0 Å². The van der Waals surface area contributed by atoms with Gasteiger partial charge in [0.15, 0.2) is 0 Å². The normalized spacial score (nSPS) is 26.8. The van der Waals surface area contributed by atoms with Gasteiger partial charge in [0.2, 0.25) is 15.9 Å². The number of carbonyl (C=O) groups excluding carboxylic acids is 1.